The minimum atomic E-state index is -0.437. The third-order valence-electron chi connectivity index (χ3n) is 6.42. The van der Waals surface area contributed by atoms with Gasteiger partial charge in [-0.1, -0.05) is 42.5 Å². The minimum absolute atomic E-state index is 0.103. The first-order valence-electron chi connectivity index (χ1n) is 11.2. The van der Waals surface area contributed by atoms with Gasteiger partial charge in [-0.05, 0) is 54.8 Å². The molecule has 0 fully saturated rings. The summed E-state index contributed by atoms with van der Waals surface area (Å²) in [6, 6.07) is 22.7. The van der Waals surface area contributed by atoms with Gasteiger partial charge in [0.15, 0.2) is 11.5 Å². The first kappa shape index (κ1) is 21.6. The summed E-state index contributed by atoms with van der Waals surface area (Å²) in [4.78, 5) is 19.2. The van der Waals surface area contributed by atoms with Crippen LogP contribution in [0.3, 0.4) is 0 Å². The highest BCUT2D eigenvalue weighted by atomic mass is 32.1. The van der Waals surface area contributed by atoms with Gasteiger partial charge in [0.25, 0.3) is 0 Å². The lowest BCUT2D eigenvalue weighted by Crippen LogP contribution is -2.16. The largest absolute Gasteiger partial charge is 0.453 e. The Morgan fingerprint density at radius 1 is 0.757 bits per heavy atom. The van der Waals surface area contributed by atoms with Gasteiger partial charge in [0, 0.05) is 21.9 Å². The molecule has 0 saturated heterocycles. The van der Waals surface area contributed by atoms with Crippen molar-refractivity contribution in [1.82, 2.24) is 9.97 Å². The summed E-state index contributed by atoms with van der Waals surface area (Å²) < 4.78 is 22.3. The number of aromatic nitrogens is 2. The second-order valence-corrected chi connectivity index (χ2v) is 8.69. The molecule has 174 valence electrons. The van der Waals surface area contributed by atoms with E-state index < -0.39 is 5.82 Å². The zero-order chi connectivity index (χ0) is 25.1. The molecule has 4 aromatic carbocycles. The lowest BCUT2D eigenvalue weighted by Gasteiger charge is -2.33. The number of anilines is 3. The van der Waals surface area contributed by atoms with Crippen molar-refractivity contribution < 1.29 is 9.13 Å². The third kappa shape index (κ3) is 3.10. The number of aliphatic imine (C=N–C) groups is 2. The molecule has 9 heteroatoms. The first-order chi connectivity index (χ1) is 18.2. The zero-order valence-electron chi connectivity index (χ0n) is 18.8. The summed E-state index contributed by atoms with van der Waals surface area (Å²) in [6.45, 7) is 0. The Morgan fingerprint density at radius 3 is 2.03 bits per heavy atom. The molecular formula is C28H12FN5OS2. The molecule has 0 radical (unpaired) electrons. The number of para-hydroxylation sites is 4. The molecule has 2 aliphatic rings. The van der Waals surface area contributed by atoms with Gasteiger partial charge in [0.1, 0.15) is 17.2 Å². The van der Waals surface area contributed by atoms with Gasteiger partial charge in [0.05, 0.1) is 27.4 Å². The number of ether oxygens (including phenoxy) is 1. The summed E-state index contributed by atoms with van der Waals surface area (Å²) in [7, 11) is 0. The van der Waals surface area contributed by atoms with Gasteiger partial charge in [-0.25, -0.2) is 14.4 Å². The highest BCUT2D eigenvalue weighted by Gasteiger charge is 2.33. The van der Waals surface area contributed by atoms with E-state index in [2.05, 4.69) is 30.3 Å². The molecule has 1 aromatic heterocycles. The number of rotatable bonds is 3. The van der Waals surface area contributed by atoms with Crippen molar-refractivity contribution in [2.45, 2.75) is 0 Å². The van der Waals surface area contributed by atoms with Crippen LogP contribution < -0.4 is 9.64 Å². The second kappa shape index (κ2) is 8.20. The fourth-order valence-corrected chi connectivity index (χ4v) is 5.19. The Bertz CT molecular complexity index is 1870. The quantitative estimate of drug-likeness (QED) is 0.173. The molecule has 37 heavy (non-hydrogen) atoms. The van der Waals surface area contributed by atoms with E-state index in [1.807, 2.05) is 71.6 Å². The van der Waals surface area contributed by atoms with E-state index in [0.717, 1.165) is 22.3 Å². The van der Waals surface area contributed by atoms with Gasteiger partial charge in [0.2, 0.25) is 11.6 Å². The normalized spacial score (nSPS) is 12.1. The number of hydrogen-bond acceptors (Lipinski definition) is 8. The predicted molar refractivity (Wildman–Crippen MR) is 148 cm³/mol. The van der Waals surface area contributed by atoms with E-state index in [-0.39, 0.29) is 11.6 Å². The molecule has 6 nitrogen and oxygen atoms in total. The molecule has 0 N–H and O–H groups in total. The Morgan fingerprint density at radius 2 is 1.38 bits per heavy atom. The molecule has 0 spiro atoms. The summed E-state index contributed by atoms with van der Waals surface area (Å²) >= 11 is 9.52. The van der Waals surface area contributed by atoms with Crippen LogP contribution >= 0.6 is 24.4 Å². The third-order valence-corrected chi connectivity index (χ3v) is 6.60. The van der Waals surface area contributed by atoms with E-state index in [9.17, 15) is 0 Å². The zero-order valence-corrected chi connectivity index (χ0v) is 20.4. The molecule has 0 unspecified atom stereocenters. The highest BCUT2D eigenvalue weighted by Crippen LogP contribution is 2.55. The van der Waals surface area contributed by atoms with Crippen molar-refractivity contribution in [2.24, 2.45) is 9.98 Å². The number of nitrogens with zero attached hydrogens (tertiary/aromatic N) is 5. The number of benzene rings is 4. The lowest BCUT2D eigenvalue weighted by atomic mass is 10.00. The number of halogens is 1. The minimum Gasteiger partial charge on any atom is -0.453 e. The SMILES string of the molecule is Fc1cc(N2c3ccccc3Oc3ccccc32)c2cccc3c2c1-c1nc(N=C=S)c(N=C=S)nc1-3. The smallest absolute Gasteiger partial charge is 0.209 e. The van der Waals surface area contributed by atoms with Crippen molar-refractivity contribution >= 4 is 74.2 Å². The second-order valence-electron chi connectivity index (χ2n) is 8.33. The van der Waals surface area contributed by atoms with E-state index >= 15 is 4.39 Å². The first-order valence-corrected chi connectivity index (χ1v) is 12.0. The van der Waals surface area contributed by atoms with Gasteiger partial charge in [-0.15, -0.1) is 0 Å². The number of thiocarbonyl (C=S) groups is 2. The Kier molecular flexibility index (Phi) is 4.79. The van der Waals surface area contributed by atoms with Crippen LogP contribution in [0.15, 0.2) is 82.8 Å². The fourth-order valence-electron chi connectivity index (χ4n) is 5.02. The average molecular weight is 518 g/mol. The van der Waals surface area contributed by atoms with Crippen LogP contribution in [0.4, 0.5) is 33.1 Å². The molecule has 0 atom stereocenters. The highest BCUT2D eigenvalue weighted by molar-refractivity contribution is 7.78. The van der Waals surface area contributed by atoms with E-state index in [1.165, 1.54) is 6.07 Å². The van der Waals surface area contributed by atoms with E-state index in [4.69, 9.17) is 29.2 Å². The van der Waals surface area contributed by atoms with E-state index in [0.29, 0.717) is 39.5 Å². The topological polar surface area (TPSA) is 63.0 Å². The number of isothiocyanates is 2. The number of fused-ring (bicyclic) bond motifs is 5. The molecular weight excluding hydrogens is 505 g/mol. The summed E-state index contributed by atoms with van der Waals surface area (Å²) in [5, 5.41) is 6.11. The maximum atomic E-state index is 16.1. The van der Waals surface area contributed by atoms with Gasteiger partial charge in [-0.3, -0.25) is 0 Å². The molecule has 7 rings (SSSR count). The standard InChI is InChI=1S/C28H12FN5OS2/c29-17-12-20(34-18-8-1-3-10-21(18)35-22-11-4-2-9-19(22)34)15-6-5-7-16-23(15)24(17)26-25(16)32-27(30-13-36)28(33-26)31-14-37/h1-12H. The molecule has 0 saturated carbocycles. The van der Waals surface area contributed by atoms with Gasteiger partial charge in [-0.2, -0.15) is 9.98 Å². The monoisotopic (exact) mass is 517 g/mol. The molecule has 0 amide bonds. The van der Waals surface area contributed by atoms with Crippen LogP contribution in [0.5, 0.6) is 11.5 Å². The van der Waals surface area contributed by atoms with Crippen molar-refractivity contribution in [3.05, 3.63) is 78.6 Å². The summed E-state index contributed by atoms with van der Waals surface area (Å²) in [5.41, 5.74) is 4.24. The van der Waals surface area contributed by atoms with Crippen LogP contribution in [0.2, 0.25) is 0 Å². The van der Waals surface area contributed by atoms with Crippen molar-refractivity contribution in [2.75, 3.05) is 4.90 Å². The maximum absolute atomic E-state index is 16.1. The Hall–Kier alpha value is -4.65. The van der Waals surface area contributed by atoms with Crippen LogP contribution in [-0.4, -0.2) is 20.3 Å². The molecule has 1 aliphatic carbocycles. The van der Waals surface area contributed by atoms with Crippen molar-refractivity contribution in [3.63, 3.8) is 0 Å². The molecule has 0 bridgehead atoms. The van der Waals surface area contributed by atoms with Crippen LogP contribution in [0.25, 0.3) is 33.3 Å². The van der Waals surface area contributed by atoms with Gasteiger partial charge < -0.3 is 9.64 Å². The summed E-state index contributed by atoms with van der Waals surface area (Å²) in [6.07, 6.45) is 0. The van der Waals surface area contributed by atoms with Gasteiger partial charge >= 0.3 is 0 Å². The molecule has 1 aliphatic heterocycles. The molecule has 5 aromatic rings. The van der Waals surface area contributed by atoms with E-state index in [1.54, 1.807) is 0 Å². The Balaban J connectivity index is 1.56. The Labute approximate surface area is 220 Å². The predicted octanol–water partition coefficient (Wildman–Crippen LogP) is 8.46. The lowest BCUT2D eigenvalue weighted by molar-refractivity contribution is 0.477. The number of hydrogen-bond donors (Lipinski definition) is 0. The van der Waals surface area contributed by atoms with Crippen molar-refractivity contribution in [3.8, 4) is 34.0 Å². The fraction of sp³-hybridized carbons (Fsp3) is 0. The molecule has 2 heterocycles. The maximum Gasteiger partial charge on any atom is 0.209 e. The van der Waals surface area contributed by atoms with Crippen LogP contribution in [0, 0.1) is 5.82 Å². The van der Waals surface area contributed by atoms with Crippen molar-refractivity contribution in [1.29, 1.82) is 0 Å². The average Bonchev–Trinajstić information content (AvgIpc) is 3.24. The van der Waals surface area contributed by atoms with Crippen LogP contribution in [0.1, 0.15) is 0 Å². The summed E-state index contributed by atoms with van der Waals surface area (Å²) in [5.74, 6) is 1.18. The van der Waals surface area contributed by atoms with Crippen LogP contribution in [-0.2, 0) is 0 Å².